The van der Waals surface area contributed by atoms with E-state index in [0.717, 1.165) is 0 Å². The van der Waals surface area contributed by atoms with Crippen LogP contribution >= 0.6 is 0 Å². The maximum absolute atomic E-state index is 2.49. The maximum atomic E-state index is 2.49. The average molecular weight is 235 g/mol. The molecule has 1 aliphatic rings. The maximum Gasteiger partial charge on any atom is 0.0366 e. The lowest BCUT2D eigenvalue weighted by molar-refractivity contribution is 0.578. The molecule has 2 rings (SSSR count). The molecule has 1 aliphatic heterocycles. The Morgan fingerprint density at radius 1 is 0.765 bits per heavy atom. The topological polar surface area (TPSA) is 3.24 Å². The number of hydrogen-bond acceptors (Lipinski definition) is 1. The Morgan fingerprint density at radius 2 is 1.24 bits per heavy atom. The highest BCUT2D eigenvalue weighted by molar-refractivity contribution is 5.47. The summed E-state index contributed by atoms with van der Waals surface area (Å²) in [6, 6.07) is 8.87. The minimum Gasteiger partial charge on any atom is -0.372 e. The third-order valence-corrected chi connectivity index (χ3v) is 2.76. The Balaban J connectivity index is 0.000000581. The van der Waals surface area contributed by atoms with Gasteiger partial charge in [0.1, 0.15) is 0 Å². The van der Waals surface area contributed by atoms with E-state index in [-0.39, 0.29) is 0 Å². The quantitative estimate of drug-likeness (QED) is 0.659. The molecule has 1 saturated heterocycles. The molecule has 0 radical (unpaired) electrons. The van der Waals surface area contributed by atoms with Gasteiger partial charge in [-0.25, -0.2) is 0 Å². The second kappa shape index (κ2) is 10.2. The van der Waals surface area contributed by atoms with E-state index >= 15 is 0 Å². The molecular formula is C16H29N. The fourth-order valence-electron chi connectivity index (χ4n) is 1.91. The predicted octanol–water partition coefficient (Wildman–Crippen LogP) is 5.04. The van der Waals surface area contributed by atoms with Crippen LogP contribution in [0.1, 0.15) is 52.5 Å². The molecule has 0 aromatic heterocycles. The first-order valence-corrected chi connectivity index (χ1v) is 7.18. The number of benzene rings is 1. The molecule has 0 bridgehead atoms. The van der Waals surface area contributed by atoms with Crippen LogP contribution in [-0.4, -0.2) is 13.1 Å². The Bertz CT molecular complexity index is 257. The van der Waals surface area contributed by atoms with Gasteiger partial charge in [-0.3, -0.25) is 0 Å². The van der Waals surface area contributed by atoms with Gasteiger partial charge in [-0.15, -0.1) is 0 Å². The van der Waals surface area contributed by atoms with Gasteiger partial charge in [0.25, 0.3) is 0 Å². The Hall–Kier alpha value is -0.980. The first-order chi connectivity index (χ1) is 8.36. The van der Waals surface area contributed by atoms with Crippen LogP contribution in [0.3, 0.4) is 0 Å². The number of piperidine rings is 1. The summed E-state index contributed by atoms with van der Waals surface area (Å²) in [4.78, 5) is 2.49. The van der Waals surface area contributed by atoms with Gasteiger partial charge in [0.2, 0.25) is 0 Å². The van der Waals surface area contributed by atoms with Crippen LogP contribution in [0.2, 0.25) is 0 Å². The van der Waals surface area contributed by atoms with Crippen molar-refractivity contribution in [1.29, 1.82) is 0 Å². The Kier molecular flexibility index (Phi) is 9.60. The van der Waals surface area contributed by atoms with Gasteiger partial charge in [0, 0.05) is 18.8 Å². The summed E-state index contributed by atoms with van der Waals surface area (Å²) in [6.45, 7) is 12.6. The summed E-state index contributed by atoms with van der Waals surface area (Å²) < 4.78 is 0. The second-order valence-electron chi connectivity index (χ2n) is 3.88. The molecule has 17 heavy (non-hydrogen) atoms. The number of anilines is 1. The third-order valence-electron chi connectivity index (χ3n) is 2.76. The summed E-state index contributed by atoms with van der Waals surface area (Å²) >= 11 is 0. The zero-order valence-electron chi connectivity index (χ0n) is 12.3. The van der Waals surface area contributed by atoms with Crippen molar-refractivity contribution in [1.82, 2.24) is 0 Å². The van der Waals surface area contributed by atoms with Gasteiger partial charge in [-0.1, -0.05) is 45.4 Å². The summed E-state index contributed by atoms with van der Waals surface area (Å²) in [5.74, 6) is 0. The van der Waals surface area contributed by atoms with Crippen molar-refractivity contribution in [3.63, 3.8) is 0 Å². The first kappa shape index (κ1) is 16.0. The Labute approximate surface area is 108 Å². The van der Waals surface area contributed by atoms with E-state index in [0.29, 0.717) is 0 Å². The van der Waals surface area contributed by atoms with Gasteiger partial charge >= 0.3 is 0 Å². The van der Waals surface area contributed by atoms with Gasteiger partial charge in [0.05, 0.1) is 0 Å². The van der Waals surface area contributed by atoms with Crippen LogP contribution in [0.5, 0.6) is 0 Å². The number of hydrogen-bond donors (Lipinski definition) is 0. The molecule has 0 aliphatic carbocycles. The number of aryl methyl sites for hydroxylation is 1. The molecule has 98 valence electrons. The lowest BCUT2D eigenvalue weighted by Gasteiger charge is -2.28. The minimum absolute atomic E-state index is 1.24. The van der Waals surface area contributed by atoms with E-state index in [1.54, 1.807) is 0 Å². The zero-order valence-corrected chi connectivity index (χ0v) is 12.3. The van der Waals surface area contributed by atoms with Crippen molar-refractivity contribution in [2.45, 2.75) is 53.9 Å². The number of nitrogens with zero attached hydrogens (tertiary/aromatic N) is 1. The van der Waals surface area contributed by atoms with Gasteiger partial charge in [0.15, 0.2) is 0 Å². The second-order valence-corrected chi connectivity index (χ2v) is 3.88. The van der Waals surface area contributed by atoms with Crippen molar-refractivity contribution in [2.75, 3.05) is 18.0 Å². The molecule has 0 saturated carbocycles. The van der Waals surface area contributed by atoms with Crippen LogP contribution in [0.4, 0.5) is 5.69 Å². The monoisotopic (exact) mass is 235 g/mol. The van der Waals surface area contributed by atoms with Crippen LogP contribution in [0.25, 0.3) is 0 Å². The molecule has 1 fully saturated rings. The van der Waals surface area contributed by atoms with E-state index in [4.69, 9.17) is 0 Å². The van der Waals surface area contributed by atoms with Gasteiger partial charge in [-0.05, 0) is 38.3 Å². The van der Waals surface area contributed by atoms with E-state index in [1.165, 1.54) is 43.6 Å². The van der Waals surface area contributed by atoms with E-state index in [1.807, 2.05) is 27.7 Å². The molecule has 0 N–H and O–H groups in total. The predicted molar refractivity (Wildman–Crippen MR) is 79.9 cm³/mol. The van der Waals surface area contributed by atoms with Crippen molar-refractivity contribution in [3.8, 4) is 0 Å². The molecule has 0 spiro atoms. The van der Waals surface area contributed by atoms with Crippen molar-refractivity contribution in [2.24, 2.45) is 0 Å². The number of rotatable bonds is 1. The largest absolute Gasteiger partial charge is 0.372 e. The molecule has 0 atom stereocenters. The van der Waals surface area contributed by atoms with Gasteiger partial charge in [-0.2, -0.15) is 0 Å². The van der Waals surface area contributed by atoms with Crippen molar-refractivity contribution in [3.05, 3.63) is 29.8 Å². The molecule has 1 aromatic carbocycles. The van der Waals surface area contributed by atoms with Crippen LogP contribution in [0, 0.1) is 6.92 Å². The highest BCUT2D eigenvalue weighted by atomic mass is 15.1. The molecule has 1 heteroatoms. The molecule has 1 heterocycles. The van der Waals surface area contributed by atoms with E-state index in [9.17, 15) is 0 Å². The zero-order chi connectivity index (χ0) is 13.1. The third kappa shape index (κ3) is 5.76. The molecule has 1 nitrogen and oxygen atoms in total. The SMILES string of the molecule is CC.CC.Cc1ccc(N2CCCCC2)cc1. The normalized spacial score (nSPS) is 14.1. The summed E-state index contributed by atoms with van der Waals surface area (Å²) in [7, 11) is 0. The minimum atomic E-state index is 1.24. The fourth-order valence-corrected chi connectivity index (χ4v) is 1.91. The molecule has 0 unspecified atom stereocenters. The molecular weight excluding hydrogens is 206 g/mol. The van der Waals surface area contributed by atoms with Crippen molar-refractivity contribution >= 4 is 5.69 Å². The summed E-state index contributed by atoms with van der Waals surface area (Å²) in [6.07, 6.45) is 4.12. The van der Waals surface area contributed by atoms with E-state index in [2.05, 4.69) is 36.1 Å². The van der Waals surface area contributed by atoms with Crippen LogP contribution in [0.15, 0.2) is 24.3 Å². The molecule has 1 aromatic rings. The first-order valence-electron chi connectivity index (χ1n) is 7.18. The lowest BCUT2D eigenvalue weighted by atomic mass is 10.1. The lowest BCUT2D eigenvalue weighted by Crippen LogP contribution is -2.29. The average Bonchev–Trinajstić information content (AvgIpc) is 2.45. The molecule has 0 amide bonds. The highest BCUT2D eigenvalue weighted by Crippen LogP contribution is 2.19. The van der Waals surface area contributed by atoms with E-state index < -0.39 is 0 Å². The standard InChI is InChI=1S/C12H17N.2C2H6/c1-11-5-7-12(8-6-11)13-9-3-2-4-10-13;2*1-2/h5-8H,2-4,9-10H2,1H3;2*1-2H3. The Morgan fingerprint density at radius 3 is 1.71 bits per heavy atom. The van der Waals surface area contributed by atoms with Crippen LogP contribution in [-0.2, 0) is 0 Å². The summed E-state index contributed by atoms with van der Waals surface area (Å²) in [5, 5.41) is 0. The highest BCUT2D eigenvalue weighted by Gasteiger charge is 2.09. The van der Waals surface area contributed by atoms with Crippen LogP contribution < -0.4 is 4.90 Å². The smallest absolute Gasteiger partial charge is 0.0366 e. The summed E-state index contributed by atoms with van der Waals surface area (Å²) in [5.41, 5.74) is 2.74. The van der Waals surface area contributed by atoms with Crippen molar-refractivity contribution < 1.29 is 0 Å². The van der Waals surface area contributed by atoms with Gasteiger partial charge < -0.3 is 4.90 Å². The fraction of sp³-hybridized carbons (Fsp3) is 0.625.